The average molecular weight is 442 g/mol. The Kier molecular flexibility index (Phi) is 6.65. The largest absolute Gasteiger partial charge is 0.441 e. The number of carbonyl (C=O) groups is 1. The zero-order valence-electron chi connectivity index (χ0n) is 17.0. The first-order chi connectivity index (χ1) is 15.0. The van der Waals surface area contributed by atoms with Crippen LogP contribution in [0.25, 0.3) is 11.4 Å². The Morgan fingerprint density at radius 3 is 2.45 bits per heavy atom. The predicted molar refractivity (Wildman–Crippen MR) is 117 cm³/mol. The maximum absolute atomic E-state index is 12.7. The molecule has 1 aliphatic rings. The topological polar surface area (TPSA) is 88.6 Å². The van der Waals surface area contributed by atoms with Crippen LogP contribution in [-0.2, 0) is 6.54 Å². The third-order valence-corrected chi connectivity index (χ3v) is 5.92. The Morgan fingerprint density at radius 2 is 1.77 bits per heavy atom. The minimum atomic E-state index is -0.761. The van der Waals surface area contributed by atoms with Gasteiger partial charge < -0.3 is 10.0 Å². The van der Waals surface area contributed by atoms with Crippen LogP contribution in [0.15, 0.2) is 63.9 Å². The number of β-amino-alcohol motifs (C(OH)–C–C–N with tert-alkyl or cyclic N) is 1. The number of piperidine rings is 1. The molecule has 31 heavy (non-hydrogen) atoms. The van der Waals surface area contributed by atoms with Gasteiger partial charge in [0.15, 0.2) is 11.6 Å². The van der Waals surface area contributed by atoms with Gasteiger partial charge in [-0.05, 0) is 50.2 Å². The fourth-order valence-electron chi connectivity index (χ4n) is 4.02. The summed E-state index contributed by atoms with van der Waals surface area (Å²) in [5.74, 6) is -0.0811. The van der Waals surface area contributed by atoms with Crippen LogP contribution in [-0.4, -0.2) is 51.3 Å². The minimum Gasteiger partial charge on any atom is -0.390 e. The lowest BCUT2D eigenvalue weighted by Gasteiger charge is -2.32. The maximum Gasteiger partial charge on any atom is 0.441 e. The fourth-order valence-corrected chi connectivity index (χ4v) is 4.14. The second-order valence-corrected chi connectivity index (χ2v) is 8.29. The van der Waals surface area contributed by atoms with Gasteiger partial charge in [-0.1, -0.05) is 47.1 Å². The number of aliphatic hydroxyl groups excluding tert-OH is 1. The molecule has 1 fully saturated rings. The molecule has 0 spiro atoms. The van der Waals surface area contributed by atoms with Gasteiger partial charge in [-0.2, -0.15) is 0 Å². The smallest absolute Gasteiger partial charge is 0.390 e. The number of aliphatic hydroxyl groups is 1. The zero-order valence-corrected chi connectivity index (χ0v) is 17.7. The number of hydrogen-bond donors (Lipinski definition) is 1. The van der Waals surface area contributed by atoms with Gasteiger partial charge in [0.2, 0.25) is 0 Å². The van der Waals surface area contributed by atoms with Crippen LogP contribution in [0.4, 0.5) is 0 Å². The lowest BCUT2D eigenvalue weighted by atomic mass is 9.89. The molecule has 1 N–H and O–H groups in total. The molecule has 0 amide bonds. The Hall–Kier alpha value is -2.74. The van der Waals surface area contributed by atoms with E-state index in [-0.39, 0.29) is 18.2 Å². The molecule has 7 nitrogen and oxygen atoms in total. The molecule has 1 atom stereocenters. The molecule has 4 rings (SSSR count). The molecule has 1 saturated heterocycles. The number of Topliss-reactive ketones (excluding diaryl/α,β-unsaturated/α-hetero) is 1. The summed E-state index contributed by atoms with van der Waals surface area (Å²) < 4.78 is 6.18. The van der Waals surface area contributed by atoms with E-state index >= 15 is 0 Å². The number of hydrogen-bond acceptors (Lipinski definition) is 6. The molecule has 1 aromatic heterocycles. The molecule has 0 bridgehead atoms. The van der Waals surface area contributed by atoms with Crippen molar-refractivity contribution in [3.05, 3.63) is 75.7 Å². The van der Waals surface area contributed by atoms with Crippen molar-refractivity contribution in [1.82, 2.24) is 14.6 Å². The summed E-state index contributed by atoms with van der Waals surface area (Å²) in [5.41, 5.74) is 1.44. The second kappa shape index (κ2) is 9.60. The van der Waals surface area contributed by atoms with Crippen molar-refractivity contribution in [2.45, 2.75) is 25.5 Å². The van der Waals surface area contributed by atoms with Gasteiger partial charge in [-0.25, -0.2) is 4.79 Å². The van der Waals surface area contributed by atoms with Crippen LogP contribution in [0, 0.1) is 5.92 Å². The van der Waals surface area contributed by atoms with Gasteiger partial charge in [0.25, 0.3) is 0 Å². The third-order valence-electron chi connectivity index (χ3n) is 5.67. The number of carbonyl (C=O) groups excluding carboxylic acids is 1. The third kappa shape index (κ3) is 5.12. The van der Waals surface area contributed by atoms with E-state index < -0.39 is 11.9 Å². The van der Waals surface area contributed by atoms with Gasteiger partial charge in [-0.15, -0.1) is 0 Å². The molecule has 2 aromatic carbocycles. The molecule has 0 aliphatic carbocycles. The summed E-state index contributed by atoms with van der Waals surface area (Å²) in [6.45, 7) is 1.93. The van der Waals surface area contributed by atoms with E-state index in [1.807, 2.05) is 30.3 Å². The monoisotopic (exact) mass is 441 g/mol. The van der Waals surface area contributed by atoms with Gasteiger partial charge >= 0.3 is 5.76 Å². The van der Waals surface area contributed by atoms with Crippen LogP contribution >= 0.6 is 11.6 Å². The zero-order chi connectivity index (χ0) is 21.8. The standard InChI is InChI=1S/C23H24ClN3O4/c24-19-8-6-16(7-9-19)21(29)17-10-12-26(13-11-17)14-20(28)15-27-22(25-31-23(27)30)18-4-2-1-3-5-18/h1-9,17,20,28H,10-15H2. The molecule has 162 valence electrons. The number of aromatic nitrogens is 2. The van der Waals surface area contributed by atoms with E-state index in [1.54, 1.807) is 24.3 Å². The number of rotatable bonds is 7. The van der Waals surface area contributed by atoms with Crippen molar-refractivity contribution in [2.24, 2.45) is 5.92 Å². The summed E-state index contributed by atoms with van der Waals surface area (Å²) in [7, 11) is 0. The number of nitrogens with zero attached hydrogens (tertiary/aromatic N) is 3. The maximum atomic E-state index is 12.7. The Balaban J connectivity index is 1.32. The van der Waals surface area contributed by atoms with Crippen molar-refractivity contribution < 1.29 is 14.4 Å². The highest BCUT2D eigenvalue weighted by atomic mass is 35.5. The lowest BCUT2D eigenvalue weighted by molar-refractivity contribution is 0.0675. The molecule has 2 heterocycles. The van der Waals surface area contributed by atoms with Crippen LogP contribution in [0.3, 0.4) is 0 Å². The highest BCUT2D eigenvalue weighted by Crippen LogP contribution is 2.23. The Bertz CT molecular complexity index is 1070. The average Bonchev–Trinajstić information content (AvgIpc) is 3.15. The number of benzene rings is 2. The number of ketones is 1. The van der Waals surface area contributed by atoms with Crippen molar-refractivity contribution in [2.75, 3.05) is 19.6 Å². The molecule has 8 heteroatoms. The van der Waals surface area contributed by atoms with E-state index in [2.05, 4.69) is 10.1 Å². The van der Waals surface area contributed by atoms with Crippen molar-refractivity contribution in [3.8, 4) is 11.4 Å². The molecule has 1 aliphatic heterocycles. The first-order valence-electron chi connectivity index (χ1n) is 10.3. The molecule has 0 radical (unpaired) electrons. The highest BCUT2D eigenvalue weighted by Gasteiger charge is 2.27. The van der Waals surface area contributed by atoms with Gasteiger partial charge in [0.05, 0.1) is 12.6 Å². The van der Waals surface area contributed by atoms with Crippen LogP contribution in [0.5, 0.6) is 0 Å². The Labute approximate surface area is 184 Å². The van der Waals surface area contributed by atoms with Crippen molar-refractivity contribution >= 4 is 17.4 Å². The molecule has 0 saturated carbocycles. The summed E-state index contributed by atoms with van der Waals surface area (Å²) in [4.78, 5) is 26.9. The fraction of sp³-hybridized carbons (Fsp3) is 0.348. The van der Waals surface area contributed by atoms with Crippen LogP contribution < -0.4 is 5.76 Å². The normalized spacial score (nSPS) is 16.3. The lowest BCUT2D eigenvalue weighted by Crippen LogP contribution is -2.42. The summed E-state index contributed by atoms with van der Waals surface area (Å²) >= 11 is 5.90. The van der Waals surface area contributed by atoms with E-state index in [0.717, 1.165) is 18.4 Å². The second-order valence-electron chi connectivity index (χ2n) is 7.85. The number of halogens is 1. The molecule has 1 unspecified atom stereocenters. The van der Waals surface area contributed by atoms with Crippen LogP contribution in [0.1, 0.15) is 23.2 Å². The van der Waals surface area contributed by atoms with Gasteiger partial charge in [0.1, 0.15) is 0 Å². The number of likely N-dealkylation sites (tertiary alicyclic amines) is 1. The summed E-state index contributed by atoms with van der Waals surface area (Å²) in [6, 6.07) is 16.2. The van der Waals surface area contributed by atoms with E-state index in [4.69, 9.17) is 16.1 Å². The summed E-state index contributed by atoms with van der Waals surface area (Å²) in [6.07, 6.45) is 0.705. The molecular weight excluding hydrogens is 418 g/mol. The van der Waals surface area contributed by atoms with E-state index in [9.17, 15) is 14.7 Å². The summed E-state index contributed by atoms with van der Waals surface area (Å²) in [5, 5.41) is 15.1. The van der Waals surface area contributed by atoms with Gasteiger partial charge in [-0.3, -0.25) is 13.9 Å². The van der Waals surface area contributed by atoms with Crippen molar-refractivity contribution in [3.63, 3.8) is 0 Å². The quantitative estimate of drug-likeness (QED) is 0.567. The Morgan fingerprint density at radius 1 is 1.10 bits per heavy atom. The van der Waals surface area contributed by atoms with Crippen LogP contribution in [0.2, 0.25) is 5.02 Å². The predicted octanol–water partition coefficient (Wildman–Crippen LogP) is 3.11. The van der Waals surface area contributed by atoms with Crippen molar-refractivity contribution in [1.29, 1.82) is 0 Å². The van der Waals surface area contributed by atoms with E-state index in [1.165, 1.54) is 4.57 Å². The SMILES string of the molecule is O=C(c1ccc(Cl)cc1)C1CCN(CC(O)Cn2c(-c3ccccc3)noc2=O)CC1. The highest BCUT2D eigenvalue weighted by molar-refractivity contribution is 6.30. The molecular formula is C23H24ClN3O4. The first kappa shape index (κ1) is 21.5. The van der Waals surface area contributed by atoms with E-state index in [0.29, 0.717) is 36.0 Å². The molecule has 3 aromatic rings. The minimum absolute atomic E-state index is 0.0278. The van der Waals surface area contributed by atoms with Gasteiger partial charge in [0, 0.05) is 28.6 Å². The first-order valence-corrected chi connectivity index (χ1v) is 10.7.